The highest BCUT2D eigenvalue weighted by atomic mass is 32.1. The molecule has 4 rings (SSSR count). The summed E-state index contributed by atoms with van der Waals surface area (Å²) in [5.41, 5.74) is 2.99. The van der Waals surface area contributed by atoms with Gasteiger partial charge in [-0.1, -0.05) is 6.92 Å². The number of thiazole rings is 1. The molecule has 2 aliphatic heterocycles. The first kappa shape index (κ1) is 24.8. The Hall–Kier alpha value is -3.27. The van der Waals surface area contributed by atoms with E-state index >= 15 is 0 Å². The fourth-order valence-corrected chi connectivity index (χ4v) is 5.86. The highest BCUT2D eigenvalue weighted by molar-refractivity contribution is 7.09. The van der Waals surface area contributed by atoms with E-state index in [0.29, 0.717) is 56.6 Å². The second kappa shape index (κ2) is 10.2. The number of hydrogen-bond donors (Lipinski definition) is 2. The number of amides is 5. The Bertz CT molecular complexity index is 1120. The normalized spacial score (nSPS) is 20.8. The molecular formula is C25H31N5O4S. The quantitative estimate of drug-likeness (QED) is 0.571. The zero-order chi connectivity index (χ0) is 25.2. The Kier molecular flexibility index (Phi) is 7.20. The molecule has 3 heterocycles. The van der Waals surface area contributed by atoms with Crippen molar-refractivity contribution in [1.29, 1.82) is 0 Å². The monoisotopic (exact) mass is 497 g/mol. The van der Waals surface area contributed by atoms with Gasteiger partial charge < -0.3 is 15.5 Å². The summed E-state index contributed by atoms with van der Waals surface area (Å²) in [6.45, 7) is 6.67. The van der Waals surface area contributed by atoms with Gasteiger partial charge in [0.1, 0.15) is 5.54 Å². The lowest BCUT2D eigenvalue weighted by Crippen LogP contribution is -2.56. The summed E-state index contributed by atoms with van der Waals surface area (Å²) < 4.78 is 0. The fourth-order valence-electron chi connectivity index (χ4n) is 5.09. The van der Waals surface area contributed by atoms with Crippen molar-refractivity contribution in [2.45, 2.75) is 52.0 Å². The van der Waals surface area contributed by atoms with Crippen LogP contribution in [0.1, 0.15) is 54.0 Å². The van der Waals surface area contributed by atoms with E-state index < -0.39 is 5.54 Å². The van der Waals surface area contributed by atoms with Gasteiger partial charge in [-0.25, -0.2) is 9.78 Å². The van der Waals surface area contributed by atoms with Crippen molar-refractivity contribution in [2.75, 3.05) is 25.0 Å². The predicted molar refractivity (Wildman–Crippen MR) is 133 cm³/mol. The first-order chi connectivity index (χ1) is 16.7. The Morgan fingerprint density at radius 2 is 1.89 bits per heavy atom. The number of carbonyl (C=O) groups excluding carboxylic acids is 4. The minimum absolute atomic E-state index is 0.0368. The van der Waals surface area contributed by atoms with E-state index in [2.05, 4.69) is 15.6 Å². The van der Waals surface area contributed by atoms with E-state index in [-0.39, 0.29) is 29.7 Å². The maximum Gasteiger partial charge on any atom is 0.325 e. The van der Waals surface area contributed by atoms with Gasteiger partial charge in [-0.3, -0.25) is 19.3 Å². The van der Waals surface area contributed by atoms with Crippen LogP contribution >= 0.6 is 11.3 Å². The maximum absolute atomic E-state index is 13.5. The van der Waals surface area contributed by atoms with Gasteiger partial charge in [0.25, 0.3) is 11.8 Å². The number of piperidine rings is 1. The molecule has 186 valence electrons. The summed E-state index contributed by atoms with van der Waals surface area (Å²) in [5.74, 6) is -0.440. The molecule has 0 bridgehead atoms. The minimum Gasteiger partial charge on any atom is -0.339 e. The van der Waals surface area contributed by atoms with Gasteiger partial charge in [0, 0.05) is 49.1 Å². The van der Waals surface area contributed by atoms with Crippen molar-refractivity contribution in [3.8, 4) is 0 Å². The summed E-state index contributed by atoms with van der Waals surface area (Å²) in [4.78, 5) is 58.9. The van der Waals surface area contributed by atoms with Crippen molar-refractivity contribution >= 4 is 40.8 Å². The van der Waals surface area contributed by atoms with Crippen LogP contribution in [0, 0.1) is 12.8 Å². The van der Waals surface area contributed by atoms with Crippen molar-refractivity contribution < 1.29 is 19.2 Å². The van der Waals surface area contributed by atoms with Crippen LogP contribution in [0.25, 0.3) is 0 Å². The number of anilines is 1. The number of aryl methyl sites for hydroxylation is 1. The number of hydrogen-bond acceptors (Lipinski definition) is 6. The summed E-state index contributed by atoms with van der Waals surface area (Å²) in [7, 11) is 0. The fraction of sp³-hybridized carbons (Fsp3) is 0.480. The molecule has 2 fully saturated rings. The summed E-state index contributed by atoms with van der Waals surface area (Å²) in [6.07, 6.45) is 2.38. The maximum atomic E-state index is 13.5. The number of benzene rings is 1. The van der Waals surface area contributed by atoms with E-state index in [1.165, 1.54) is 23.2 Å². The van der Waals surface area contributed by atoms with Crippen molar-refractivity contribution in [3.05, 3.63) is 45.9 Å². The molecule has 2 aliphatic rings. The molecule has 0 radical (unpaired) electrons. The number of rotatable bonds is 7. The first-order valence-corrected chi connectivity index (χ1v) is 12.8. The smallest absolute Gasteiger partial charge is 0.325 e. The number of aromatic nitrogens is 1. The number of urea groups is 1. The second-order valence-electron chi connectivity index (χ2n) is 9.15. The third kappa shape index (κ3) is 4.93. The van der Waals surface area contributed by atoms with Gasteiger partial charge in [0.2, 0.25) is 5.91 Å². The topological polar surface area (TPSA) is 112 Å². The van der Waals surface area contributed by atoms with E-state index in [0.717, 1.165) is 10.6 Å². The Labute approximate surface area is 208 Å². The lowest BCUT2D eigenvalue weighted by atomic mass is 9.75. The van der Waals surface area contributed by atoms with Gasteiger partial charge in [0.05, 0.1) is 11.2 Å². The van der Waals surface area contributed by atoms with Gasteiger partial charge in [-0.05, 0) is 56.4 Å². The van der Waals surface area contributed by atoms with Crippen molar-refractivity contribution in [3.63, 3.8) is 0 Å². The molecule has 1 aromatic heterocycles. The first-order valence-electron chi connectivity index (χ1n) is 11.9. The highest BCUT2D eigenvalue weighted by Gasteiger charge is 2.54. The van der Waals surface area contributed by atoms with Crippen LogP contribution < -0.4 is 10.6 Å². The molecule has 1 aromatic carbocycles. The summed E-state index contributed by atoms with van der Waals surface area (Å²) in [6, 6.07) is 6.50. The number of imide groups is 1. The molecule has 0 spiro atoms. The lowest BCUT2D eigenvalue weighted by Gasteiger charge is -2.40. The molecule has 10 heteroatoms. The number of nitrogens with one attached hydrogen (secondary N) is 2. The van der Waals surface area contributed by atoms with Gasteiger partial charge in [0.15, 0.2) is 0 Å². The van der Waals surface area contributed by atoms with Crippen LogP contribution in [0.4, 0.5) is 10.5 Å². The molecule has 2 aromatic rings. The average molecular weight is 498 g/mol. The van der Waals surface area contributed by atoms with E-state index in [1.807, 2.05) is 13.8 Å². The van der Waals surface area contributed by atoms with Gasteiger partial charge >= 0.3 is 6.03 Å². The largest absolute Gasteiger partial charge is 0.339 e. The third-order valence-electron chi connectivity index (χ3n) is 7.10. The van der Waals surface area contributed by atoms with Crippen molar-refractivity contribution in [1.82, 2.24) is 20.1 Å². The molecule has 0 aliphatic carbocycles. The average Bonchev–Trinajstić information content (AvgIpc) is 3.37. The molecule has 2 N–H and O–H groups in total. The summed E-state index contributed by atoms with van der Waals surface area (Å²) in [5, 5.41) is 5.71. The van der Waals surface area contributed by atoms with Crippen LogP contribution in [-0.2, 0) is 16.0 Å². The number of likely N-dealkylation sites (tertiary alicyclic amines) is 1. The molecule has 9 nitrogen and oxygen atoms in total. The standard InChI is InChI=1S/C25H31N5O4S/c1-4-25(23(33)30(24(34)28-25)14-11-21-16(2)26-15-35-21)19-9-12-29(13-10-19)22(32)18-5-7-20(8-6-18)27-17(3)31/h5-8,15,19H,4,9-14H2,1-3H3,(H,27,31)(H,28,34)/t25-/m1/s1. The van der Waals surface area contributed by atoms with Crippen LogP contribution in [0.5, 0.6) is 0 Å². The molecule has 0 unspecified atom stereocenters. The van der Waals surface area contributed by atoms with Crippen LogP contribution in [-0.4, -0.2) is 63.7 Å². The van der Waals surface area contributed by atoms with Crippen molar-refractivity contribution in [2.24, 2.45) is 5.92 Å². The van der Waals surface area contributed by atoms with E-state index in [4.69, 9.17) is 0 Å². The van der Waals surface area contributed by atoms with Crippen LogP contribution in [0.3, 0.4) is 0 Å². The second-order valence-corrected chi connectivity index (χ2v) is 10.1. The third-order valence-corrected chi connectivity index (χ3v) is 8.09. The molecular weight excluding hydrogens is 466 g/mol. The molecule has 2 saturated heterocycles. The highest BCUT2D eigenvalue weighted by Crippen LogP contribution is 2.36. The van der Waals surface area contributed by atoms with Crippen LogP contribution in [0.15, 0.2) is 29.8 Å². The van der Waals surface area contributed by atoms with E-state index in [9.17, 15) is 19.2 Å². The lowest BCUT2D eigenvalue weighted by molar-refractivity contribution is -0.134. The Morgan fingerprint density at radius 3 is 2.46 bits per heavy atom. The van der Waals surface area contributed by atoms with Gasteiger partial charge in [-0.2, -0.15) is 0 Å². The van der Waals surface area contributed by atoms with Gasteiger partial charge in [-0.15, -0.1) is 11.3 Å². The zero-order valence-corrected chi connectivity index (χ0v) is 21.1. The molecule has 1 atom stereocenters. The zero-order valence-electron chi connectivity index (χ0n) is 20.3. The SMILES string of the molecule is CC[C@]1(C2CCN(C(=O)c3ccc(NC(C)=O)cc3)CC2)NC(=O)N(CCc2scnc2C)C1=O. The molecule has 0 saturated carbocycles. The summed E-state index contributed by atoms with van der Waals surface area (Å²) >= 11 is 1.54. The predicted octanol–water partition coefficient (Wildman–Crippen LogP) is 3.21. The van der Waals surface area contributed by atoms with Crippen LogP contribution in [0.2, 0.25) is 0 Å². The minimum atomic E-state index is -0.922. The number of carbonyl (C=O) groups is 4. The molecule has 35 heavy (non-hydrogen) atoms. The van der Waals surface area contributed by atoms with E-state index in [1.54, 1.807) is 34.7 Å². The Balaban J connectivity index is 1.38. The Morgan fingerprint density at radius 1 is 1.20 bits per heavy atom. The number of nitrogens with zero attached hydrogens (tertiary/aromatic N) is 3. The molecule has 5 amide bonds.